The molecule has 5 nitrogen and oxygen atoms in total. The van der Waals surface area contributed by atoms with Gasteiger partial charge in [0.25, 0.3) is 0 Å². The van der Waals surface area contributed by atoms with E-state index in [0.717, 1.165) is 4.47 Å². The standard InChI is InChI=1S/C13H15BrN2O3/c1-19-11-4-3-9(14)6-10(11)16-13(18)8-2-5-12(17)15-7-8/h3-4,6,8H,2,5,7H2,1H3,(H,15,17)(H,16,18). The number of benzene rings is 1. The summed E-state index contributed by atoms with van der Waals surface area (Å²) in [5.74, 6) is 0.318. The summed E-state index contributed by atoms with van der Waals surface area (Å²) in [7, 11) is 1.56. The Morgan fingerprint density at radius 1 is 1.53 bits per heavy atom. The van der Waals surface area contributed by atoms with Gasteiger partial charge in [-0.25, -0.2) is 0 Å². The van der Waals surface area contributed by atoms with Crippen molar-refractivity contribution in [2.45, 2.75) is 12.8 Å². The fourth-order valence-electron chi connectivity index (χ4n) is 1.97. The average molecular weight is 327 g/mol. The Kier molecular flexibility index (Phi) is 4.42. The van der Waals surface area contributed by atoms with E-state index in [9.17, 15) is 9.59 Å². The number of amides is 2. The summed E-state index contributed by atoms with van der Waals surface area (Å²) in [5.41, 5.74) is 0.624. The second-order valence-corrected chi connectivity index (χ2v) is 5.29. The Balaban J connectivity index is 2.06. The lowest BCUT2D eigenvalue weighted by Crippen LogP contribution is -2.40. The van der Waals surface area contributed by atoms with E-state index in [2.05, 4.69) is 26.6 Å². The third kappa shape index (κ3) is 3.47. The first-order valence-corrected chi connectivity index (χ1v) is 6.80. The van der Waals surface area contributed by atoms with Gasteiger partial charge in [0.2, 0.25) is 11.8 Å². The average Bonchev–Trinajstić information content (AvgIpc) is 2.39. The van der Waals surface area contributed by atoms with Gasteiger partial charge in [-0.15, -0.1) is 0 Å². The number of halogens is 1. The third-order valence-corrected chi connectivity index (χ3v) is 3.55. The second kappa shape index (κ2) is 6.06. The highest BCUT2D eigenvalue weighted by atomic mass is 79.9. The van der Waals surface area contributed by atoms with E-state index in [1.807, 2.05) is 6.07 Å². The molecule has 0 bridgehead atoms. The molecular formula is C13H15BrN2O3. The Labute approximate surface area is 119 Å². The van der Waals surface area contributed by atoms with Gasteiger partial charge in [-0.05, 0) is 24.6 Å². The van der Waals surface area contributed by atoms with Gasteiger partial charge in [-0.2, -0.15) is 0 Å². The van der Waals surface area contributed by atoms with Crippen LogP contribution in [0.25, 0.3) is 0 Å². The van der Waals surface area contributed by atoms with Gasteiger partial charge in [0, 0.05) is 17.4 Å². The number of hydrogen-bond donors (Lipinski definition) is 2. The minimum atomic E-state index is -0.193. The number of rotatable bonds is 3. The van der Waals surface area contributed by atoms with Crippen LogP contribution in [0.15, 0.2) is 22.7 Å². The third-order valence-electron chi connectivity index (χ3n) is 3.06. The van der Waals surface area contributed by atoms with Gasteiger partial charge >= 0.3 is 0 Å². The first-order valence-electron chi connectivity index (χ1n) is 6.01. The topological polar surface area (TPSA) is 67.4 Å². The van der Waals surface area contributed by atoms with Crippen LogP contribution in [-0.2, 0) is 9.59 Å². The Bertz CT molecular complexity index is 495. The summed E-state index contributed by atoms with van der Waals surface area (Å²) in [6, 6.07) is 5.41. The van der Waals surface area contributed by atoms with Crippen LogP contribution in [0.1, 0.15) is 12.8 Å². The van der Waals surface area contributed by atoms with Crippen LogP contribution >= 0.6 is 15.9 Å². The van der Waals surface area contributed by atoms with E-state index in [1.165, 1.54) is 0 Å². The van der Waals surface area contributed by atoms with Crippen LogP contribution < -0.4 is 15.4 Å². The van der Waals surface area contributed by atoms with Crippen molar-refractivity contribution in [2.24, 2.45) is 5.92 Å². The predicted molar refractivity (Wildman–Crippen MR) is 75.1 cm³/mol. The number of anilines is 1. The molecule has 1 atom stereocenters. The van der Waals surface area contributed by atoms with E-state index >= 15 is 0 Å². The molecule has 0 aliphatic carbocycles. The molecule has 2 N–H and O–H groups in total. The monoisotopic (exact) mass is 326 g/mol. The second-order valence-electron chi connectivity index (χ2n) is 4.37. The molecule has 2 amide bonds. The minimum absolute atomic E-state index is 0.00378. The van der Waals surface area contributed by atoms with Crippen molar-refractivity contribution in [1.29, 1.82) is 0 Å². The lowest BCUT2D eigenvalue weighted by atomic mass is 9.98. The molecule has 1 unspecified atom stereocenters. The molecule has 1 aromatic carbocycles. The Morgan fingerprint density at radius 2 is 2.32 bits per heavy atom. The van der Waals surface area contributed by atoms with Gasteiger partial charge in [-0.1, -0.05) is 15.9 Å². The largest absolute Gasteiger partial charge is 0.495 e. The van der Waals surface area contributed by atoms with E-state index in [1.54, 1.807) is 19.2 Å². The maximum absolute atomic E-state index is 12.1. The molecule has 0 radical (unpaired) electrons. The smallest absolute Gasteiger partial charge is 0.229 e. The maximum Gasteiger partial charge on any atom is 0.229 e. The Hall–Kier alpha value is -1.56. The van der Waals surface area contributed by atoms with Gasteiger partial charge in [-0.3, -0.25) is 9.59 Å². The molecule has 0 saturated carbocycles. The number of piperidine rings is 1. The number of carbonyl (C=O) groups is 2. The predicted octanol–water partition coefficient (Wildman–Crippen LogP) is 1.92. The first-order chi connectivity index (χ1) is 9.10. The molecule has 6 heteroatoms. The molecule has 1 aliphatic rings. The first kappa shape index (κ1) is 13.9. The molecule has 0 aromatic heterocycles. The SMILES string of the molecule is COc1ccc(Br)cc1NC(=O)C1CCC(=O)NC1. The number of hydrogen-bond acceptors (Lipinski definition) is 3. The van der Waals surface area contributed by atoms with Crippen molar-refractivity contribution in [3.63, 3.8) is 0 Å². The lowest BCUT2D eigenvalue weighted by Gasteiger charge is -2.22. The highest BCUT2D eigenvalue weighted by molar-refractivity contribution is 9.10. The summed E-state index contributed by atoms with van der Waals surface area (Å²) in [6.07, 6.45) is 0.974. The van der Waals surface area contributed by atoms with Gasteiger partial charge in [0.05, 0.1) is 18.7 Å². The van der Waals surface area contributed by atoms with Crippen LogP contribution in [0.5, 0.6) is 5.75 Å². The fraction of sp³-hybridized carbons (Fsp3) is 0.385. The molecule has 1 aromatic rings. The van der Waals surface area contributed by atoms with Crippen LogP contribution in [0, 0.1) is 5.92 Å². The molecule has 102 valence electrons. The lowest BCUT2D eigenvalue weighted by molar-refractivity contribution is -0.126. The summed E-state index contributed by atoms with van der Waals surface area (Å²) < 4.78 is 6.06. The summed E-state index contributed by atoms with van der Waals surface area (Å²) in [6.45, 7) is 0.390. The zero-order chi connectivity index (χ0) is 13.8. The number of nitrogens with one attached hydrogen (secondary N) is 2. The quantitative estimate of drug-likeness (QED) is 0.891. The summed E-state index contributed by atoms with van der Waals surface area (Å²) in [5, 5.41) is 5.54. The molecule has 1 heterocycles. The number of ether oxygens (including phenoxy) is 1. The molecule has 2 rings (SSSR count). The van der Waals surface area contributed by atoms with Crippen LogP contribution in [0.4, 0.5) is 5.69 Å². The van der Waals surface area contributed by atoms with Crippen molar-refractivity contribution in [2.75, 3.05) is 19.0 Å². The molecule has 1 fully saturated rings. The van der Waals surface area contributed by atoms with E-state index in [-0.39, 0.29) is 17.7 Å². The van der Waals surface area contributed by atoms with Gasteiger partial charge in [0.15, 0.2) is 0 Å². The van der Waals surface area contributed by atoms with Crippen molar-refractivity contribution in [3.05, 3.63) is 22.7 Å². The van der Waals surface area contributed by atoms with Crippen molar-refractivity contribution < 1.29 is 14.3 Å². The zero-order valence-electron chi connectivity index (χ0n) is 10.5. The summed E-state index contributed by atoms with van der Waals surface area (Å²) in [4.78, 5) is 23.2. The zero-order valence-corrected chi connectivity index (χ0v) is 12.1. The molecule has 1 saturated heterocycles. The normalized spacial score (nSPS) is 18.6. The number of methoxy groups -OCH3 is 1. The van der Waals surface area contributed by atoms with Crippen molar-refractivity contribution >= 4 is 33.4 Å². The molecule has 19 heavy (non-hydrogen) atoms. The highest BCUT2D eigenvalue weighted by Crippen LogP contribution is 2.28. The fourth-order valence-corrected chi connectivity index (χ4v) is 2.33. The molecule has 0 spiro atoms. The minimum Gasteiger partial charge on any atom is -0.495 e. The van der Waals surface area contributed by atoms with E-state index in [4.69, 9.17) is 4.74 Å². The molecule has 1 aliphatic heterocycles. The molecular weight excluding hydrogens is 312 g/mol. The summed E-state index contributed by atoms with van der Waals surface area (Å²) >= 11 is 3.36. The van der Waals surface area contributed by atoms with Crippen LogP contribution in [0.2, 0.25) is 0 Å². The van der Waals surface area contributed by atoms with Crippen LogP contribution in [-0.4, -0.2) is 25.5 Å². The Morgan fingerprint density at radius 3 is 2.95 bits per heavy atom. The number of carbonyl (C=O) groups excluding carboxylic acids is 2. The van der Waals surface area contributed by atoms with Crippen molar-refractivity contribution in [3.8, 4) is 5.75 Å². The van der Waals surface area contributed by atoms with Crippen molar-refractivity contribution in [1.82, 2.24) is 5.32 Å². The van der Waals surface area contributed by atoms with Crippen LogP contribution in [0.3, 0.4) is 0 Å². The maximum atomic E-state index is 12.1. The highest BCUT2D eigenvalue weighted by Gasteiger charge is 2.25. The van der Waals surface area contributed by atoms with E-state index in [0.29, 0.717) is 30.8 Å². The van der Waals surface area contributed by atoms with Gasteiger partial charge in [0.1, 0.15) is 5.75 Å². The van der Waals surface area contributed by atoms with E-state index < -0.39 is 0 Å². The van der Waals surface area contributed by atoms with Gasteiger partial charge < -0.3 is 15.4 Å².